The Morgan fingerprint density at radius 2 is 1.72 bits per heavy atom. The van der Waals surface area contributed by atoms with E-state index >= 15 is 0 Å². The van der Waals surface area contributed by atoms with E-state index in [0.29, 0.717) is 6.54 Å². The summed E-state index contributed by atoms with van der Waals surface area (Å²) in [6, 6.07) is 15.9. The van der Waals surface area contributed by atoms with Gasteiger partial charge in [-0.05, 0) is 56.2 Å². The van der Waals surface area contributed by atoms with Crippen molar-refractivity contribution in [1.82, 2.24) is 9.97 Å². The summed E-state index contributed by atoms with van der Waals surface area (Å²) in [5.74, 6) is 0.0895. The monoisotopic (exact) mass is 427 g/mol. The number of para-hydroxylation sites is 1. The lowest BCUT2D eigenvalue weighted by Crippen LogP contribution is -2.38. The van der Waals surface area contributed by atoms with Gasteiger partial charge in [-0.25, -0.2) is 9.97 Å². The Balaban J connectivity index is 1.75. The van der Waals surface area contributed by atoms with Crippen molar-refractivity contribution in [2.24, 2.45) is 0 Å². The number of fused-ring (bicyclic) bond motifs is 2. The van der Waals surface area contributed by atoms with Gasteiger partial charge in [-0.1, -0.05) is 30.0 Å². The van der Waals surface area contributed by atoms with Crippen LogP contribution in [0.25, 0.3) is 0 Å². The molecule has 0 fully saturated rings. The van der Waals surface area contributed by atoms with Crippen LogP contribution in [0, 0.1) is 6.92 Å². The van der Waals surface area contributed by atoms with Gasteiger partial charge in [0.25, 0.3) is 10.1 Å². The highest BCUT2D eigenvalue weighted by Crippen LogP contribution is 2.48. The fourth-order valence-corrected chi connectivity index (χ4v) is 5.20. The van der Waals surface area contributed by atoms with E-state index in [1.165, 1.54) is 19.3 Å². The molecule has 1 aromatic heterocycles. The lowest BCUT2D eigenvalue weighted by Gasteiger charge is -2.35. The van der Waals surface area contributed by atoms with Crippen LogP contribution in [0.5, 0.6) is 0 Å². The molecule has 29 heavy (non-hydrogen) atoms. The van der Waals surface area contributed by atoms with E-state index in [9.17, 15) is 13.0 Å². The molecule has 0 amide bonds. The molecule has 150 valence electrons. The van der Waals surface area contributed by atoms with Crippen LogP contribution < -0.4 is 4.90 Å². The third-order valence-electron chi connectivity index (χ3n) is 5.20. The zero-order chi connectivity index (χ0) is 20.6. The van der Waals surface area contributed by atoms with Crippen LogP contribution in [0.3, 0.4) is 0 Å². The number of aromatic nitrogens is 2. The first-order chi connectivity index (χ1) is 13.8. The van der Waals surface area contributed by atoms with E-state index in [4.69, 9.17) is 0 Å². The van der Waals surface area contributed by atoms with Gasteiger partial charge in [0, 0.05) is 28.7 Å². The van der Waals surface area contributed by atoms with Gasteiger partial charge in [-0.2, -0.15) is 8.42 Å². The second-order valence-corrected chi connectivity index (χ2v) is 10.2. The molecule has 4 rings (SSSR count). The summed E-state index contributed by atoms with van der Waals surface area (Å²) in [7, 11) is -4.44. The van der Waals surface area contributed by atoms with Gasteiger partial charge in [-0.3, -0.25) is 4.55 Å². The van der Waals surface area contributed by atoms with E-state index in [1.807, 2.05) is 25.1 Å². The van der Waals surface area contributed by atoms with Crippen molar-refractivity contribution in [2.45, 2.75) is 34.8 Å². The molecule has 0 aliphatic carbocycles. The van der Waals surface area contributed by atoms with Crippen LogP contribution >= 0.6 is 11.8 Å². The molecular formula is C21H21N3O3S2. The van der Waals surface area contributed by atoms with Crippen LogP contribution in [0.15, 0.2) is 70.7 Å². The predicted octanol–water partition coefficient (Wildman–Crippen LogP) is 4.58. The molecule has 0 spiro atoms. The molecule has 1 aliphatic rings. The minimum atomic E-state index is -4.44. The number of aryl methyl sites for hydroxylation is 1. The molecular weight excluding hydrogens is 406 g/mol. The van der Waals surface area contributed by atoms with Crippen molar-refractivity contribution in [3.8, 4) is 0 Å². The van der Waals surface area contributed by atoms with Crippen molar-refractivity contribution in [3.05, 3.63) is 72.3 Å². The zero-order valence-corrected chi connectivity index (χ0v) is 17.7. The van der Waals surface area contributed by atoms with Gasteiger partial charge in [-0.15, -0.1) is 0 Å². The van der Waals surface area contributed by atoms with Gasteiger partial charge in [0.1, 0.15) is 0 Å². The van der Waals surface area contributed by atoms with Crippen molar-refractivity contribution in [1.29, 1.82) is 0 Å². The Morgan fingerprint density at radius 3 is 2.45 bits per heavy atom. The molecule has 0 radical (unpaired) electrons. The normalized spacial score (nSPS) is 15.3. The average Bonchev–Trinajstić information content (AvgIpc) is 2.71. The number of hydrogen-bond acceptors (Lipinski definition) is 6. The Hall–Kier alpha value is -2.42. The Labute approximate surface area is 174 Å². The second-order valence-electron chi connectivity index (χ2n) is 7.22. The van der Waals surface area contributed by atoms with Crippen LogP contribution in [0.4, 0.5) is 11.4 Å². The first kappa shape index (κ1) is 19.9. The molecule has 8 heteroatoms. The fourth-order valence-electron chi connectivity index (χ4n) is 3.43. The molecule has 2 heterocycles. The average molecular weight is 428 g/mol. The van der Waals surface area contributed by atoms with Crippen LogP contribution in [-0.2, 0) is 14.9 Å². The summed E-state index contributed by atoms with van der Waals surface area (Å²) in [5, 5.41) is 0. The van der Waals surface area contributed by atoms with E-state index in [2.05, 4.69) is 39.1 Å². The molecule has 6 nitrogen and oxygen atoms in total. The lowest BCUT2D eigenvalue weighted by atomic mass is 10.0. The summed E-state index contributed by atoms with van der Waals surface area (Å²) in [6.45, 7) is 3.88. The SMILES string of the molecule is Cc1ccc2c(c1)N(CCC(C)(c1ncccn1)S(=O)(=O)O)c1ccccc1S2. The summed E-state index contributed by atoms with van der Waals surface area (Å²) in [4.78, 5) is 12.5. The number of anilines is 2. The van der Waals surface area contributed by atoms with Gasteiger partial charge in [0.05, 0.1) is 11.4 Å². The highest BCUT2D eigenvalue weighted by molar-refractivity contribution is 7.99. The molecule has 1 aliphatic heterocycles. The molecule has 1 atom stereocenters. The maximum Gasteiger partial charge on any atom is 0.277 e. The fraction of sp³-hybridized carbons (Fsp3) is 0.238. The minimum Gasteiger partial charge on any atom is -0.340 e. The third-order valence-corrected chi connectivity index (χ3v) is 7.86. The third kappa shape index (κ3) is 3.63. The maximum absolute atomic E-state index is 12.3. The maximum atomic E-state index is 12.3. The van der Waals surface area contributed by atoms with Crippen LogP contribution in [0.2, 0.25) is 0 Å². The Morgan fingerprint density at radius 1 is 1.03 bits per heavy atom. The van der Waals surface area contributed by atoms with E-state index in [1.54, 1.807) is 17.8 Å². The van der Waals surface area contributed by atoms with Gasteiger partial charge in [0.15, 0.2) is 10.6 Å². The van der Waals surface area contributed by atoms with Crippen molar-refractivity contribution >= 4 is 33.3 Å². The Kier molecular flexibility index (Phi) is 5.10. The predicted molar refractivity (Wildman–Crippen MR) is 114 cm³/mol. The zero-order valence-electron chi connectivity index (χ0n) is 16.1. The molecule has 3 aromatic rings. The largest absolute Gasteiger partial charge is 0.340 e. The van der Waals surface area contributed by atoms with Crippen molar-refractivity contribution in [3.63, 3.8) is 0 Å². The molecule has 1 N–H and O–H groups in total. The standard InChI is InChI=1S/C21H21N3O3S2/c1-15-8-9-19-17(14-15)24(16-6-3-4-7-18(16)28-19)13-10-21(2,29(25,26)27)20-22-11-5-12-23-20/h3-9,11-12,14H,10,13H2,1-2H3,(H,25,26,27). The smallest absolute Gasteiger partial charge is 0.277 e. The van der Waals surface area contributed by atoms with Crippen LogP contribution in [-0.4, -0.2) is 29.5 Å². The summed E-state index contributed by atoms with van der Waals surface area (Å²) in [5.41, 5.74) is 3.17. The first-order valence-electron chi connectivity index (χ1n) is 9.19. The number of benzene rings is 2. The summed E-state index contributed by atoms with van der Waals surface area (Å²) >= 11 is 1.70. The number of rotatable bonds is 5. The Bertz CT molecular complexity index is 1150. The molecule has 0 bridgehead atoms. The topological polar surface area (TPSA) is 83.4 Å². The first-order valence-corrected chi connectivity index (χ1v) is 11.4. The summed E-state index contributed by atoms with van der Waals surface area (Å²) in [6.07, 6.45) is 3.09. The van der Waals surface area contributed by atoms with E-state index in [0.717, 1.165) is 26.7 Å². The molecule has 0 saturated carbocycles. The quantitative estimate of drug-likeness (QED) is 0.597. The number of nitrogens with zero attached hydrogens (tertiary/aromatic N) is 3. The highest BCUT2D eigenvalue weighted by Gasteiger charge is 2.43. The molecule has 1 unspecified atom stereocenters. The van der Waals surface area contributed by atoms with E-state index < -0.39 is 14.9 Å². The van der Waals surface area contributed by atoms with Crippen molar-refractivity contribution < 1.29 is 13.0 Å². The minimum absolute atomic E-state index is 0.0895. The molecule has 0 saturated heterocycles. The number of hydrogen-bond donors (Lipinski definition) is 1. The van der Waals surface area contributed by atoms with Gasteiger partial charge < -0.3 is 4.90 Å². The molecule has 2 aromatic carbocycles. The van der Waals surface area contributed by atoms with Crippen molar-refractivity contribution in [2.75, 3.05) is 11.4 Å². The lowest BCUT2D eigenvalue weighted by molar-refractivity contribution is 0.417. The second kappa shape index (κ2) is 7.44. The van der Waals surface area contributed by atoms with Gasteiger partial charge >= 0.3 is 0 Å². The van der Waals surface area contributed by atoms with Gasteiger partial charge in [0.2, 0.25) is 0 Å². The van der Waals surface area contributed by atoms with E-state index in [-0.39, 0.29) is 12.2 Å². The van der Waals surface area contributed by atoms with Crippen LogP contribution in [0.1, 0.15) is 24.7 Å². The summed E-state index contributed by atoms with van der Waals surface area (Å²) < 4.78 is 33.1. The highest BCUT2D eigenvalue weighted by atomic mass is 32.2.